The lowest BCUT2D eigenvalue weighted by molar-refractivity contribution is -0.191. The highest BCUT2D eigenvalue weighted by molar-refractivity contribution is 5.88. The molecule has 0 spiro atoms. The van der Waals surface area contributed by atoms with Crippen molar-refractivity contribution in [1.82, 2.24) is 0 Å². The molecule has 0 heterocycles. The molecule has 4 atom stereocenters. The van der Waals surface area contributed by atoms with E-state index < -0.39 is 23.6 Å². The van der Waals surface area contributed by atoms with E-state index >= 15 is 0 Å². The monoisotopic (exact) mass is 374 g/mol. The molecule has 0 radical (unpaired) electrons. The van der Waals surface area contributed by atoms with Crippen LogP contribution in [0.4, 0.5) is 0 Å². The van der Waals surface area contributed by atoms with Gasteiger partial charge in [0, 0.05) is 0 Å². The Bertz CT molecular complexity index is 411. The number of aliphatic carboxylic acids is 1. The molecule has 0 aliphatic carbocycles. The van der Waals surface area contributed by atoms with E-state index in [9.17, 15) is 19.8 Å². The third-order valence-electron chi connectivity index (χ3n) is 5.18. The van der Waals surface area contributed by atoms with Crippen LogP contribution in [0.5, 0.6) is 0 Å². The zero-order chi connectivity index (χ0) is 20.2. The number of ether oxygens (including phenoxy) is 1. The number of rotatable bonds is 15. The summed E-state index contributed by atoms with van der Waals surface area (Å²) in [6, 6.07) is 0. The number of carbonyl (C=O) groups is 2. The Morgan fingerprint density at radius 3 is 1.88 bits per heavy atom. The first-order valence-electron chi connectivity index (χ1n) is 10.1. The number of esters is 1. The first-order valence-corrected chi connectivity index (χ1v) is 10.1. The third kappa shape index (κ3) is 8.04. The van der Waals surface area contributed by atoms with E-state index in [2.05, 4.69) is 6.92 Å². The van der Waals surface area contributed by atoms with Crippen LogP contribution in [-0.2, 0) is 14.3 Å². The van der Waals surface area contributed by atoms with Crippen LogP contribution in [0.2, 0.25) is 0 Å². The molecule has 6 nitrogen and oxygen atoms in total. The van der Waals surface area contributed by atoms with Gasteiger partial charge in [-0.25, -0.2) is 9.59 Å². The highest BCUT2D eigenvalue weighted by Crippen LogP contribution is 2.29. The molecule has 0 bridgehead atoms. The van der Waals surface area contributed by atoms with Crippen LogP contribution in [-0.4, -0.2) is 45.6 Å². The maximum absolute atomic E-state index is 12.5. The van der Waals surface area contributed by atoms with Crippen molar-refractivity contribution in [2.24, 2.45) is 11.8 Å². The summed E-state index contributed by atoms with van der Waals surface area (Å²) in [6.45, 7) is 8.19. The zero-order valence-corrected chi connectivity index (χ0v) is 16.9. The molecule has 0 aliphatic heterocycles. The number of carbonyl (C=O) groups excluding carboxylic acids is 1. The number of hydrogen-bond donors (Lipinski definition) is 3. The van der Waals surface area contributed by atoms with Gasteiger partial charge < -0.3 is 20.1 Å². The van der Waals surface area contributed by atoms with Gasteiger partial charge in [0.15, 0.2) is 11.7 Å². The van der Waals surface area contributed by atoms with Crippen molar-refractivity contribution in [3.05, 3.63) is 0 Å². The molecular formula is C20H38O6. The zero-order valence-electron chi connectivity index (χ0n) is 16.9. The van der Waals surface area contributed by atoms with Crippen LogP contribution in [0.1, 0.15) is 85.5 Å². The average Bonchev–Trinajstić information content (AvgIpc) is 2.63. The van der Waals surface area contributed by atoms with Gasteiger partial charge in [0.25, 0.3) is 0 Å². The number of carboxylic acids is 1. The quantitative estimate of drug-likeness (QED) is 0.379. The van der Waals surface area contributed by atoms with Gasteiger partial charge in [-0.05, 0) is 24.7 Å². The third-order valence-corrected chi connectivity index (χ3v) is 5.18. The van der Waals surface area contributed by atoms with E-state index in [4.69, 9.17) is 9.84 Å². The Morgan fingerprint density at radius 1 is 0.962 bits per heavy atom. The van der Waals surface area contributed by atoms with Gasteiger partial charge in [-0.15, -0.1) is 0 Å². The maximum Gasteiger partial charge on any atom is 0.341 e. The van der Waals surface area contributed by atoms with Crippen LogP contribution >= 0.6 is 0 Å². The fourth-order valence-electron chi connectivity index (χ4n) is 3.11. The van der Waals surface area contributed by atoms with Crippen molar-refractivity contribution in [3.8, 4) is 0 Å². The van der Waals surface area contributed by atoms with Crippen LogP contribution in [0, 0.1) is 11.8 Å². The first kappa shape index (κ1) is 24.9. The van der Waals surface area contributed by atoms with Crippen molar-refractivity contribution in [1.29, 1.82) is 0 Å². The van der Waals surface area contributed by atoms with Crippen molar-refractivity contribution < 1.29 is 29.6 Å². The van der Waals surface area contributed by atoms with Crippen LogP contribution in [0.3, 0.4) is 0 Å². The smallest absolute Gasteiger partial charge is 0.341 e. The fraction of sp³-hybridized carbons (Fsp3) is 0.900. The number of carboxylic acid groups (broad SMARTS) is 1. The minimum atomic E-state index is -2.41. The summed E-state index contributed by atoms with van der Waals surface area (Å²) >= 11 is 0. The van der Waals surface area contributed by atoms with Gasteiger partial charge in [-0.2, -0.15) is 0 Å². The van der Waals surface area contributed by atoms with Crippen LogP contribution in [0.25, 0.3) is 0 Å². The van der Waals surface area contributed by atoms with Crippen molar-refractivity contribution in [2.75, 3.05) is 6.61 Å². The van der Waals surface area contributed by atoms with Gasteiger partial charge in [0.2, 0.25) is 0 Å². The minimum absolute atomic E-state index is 0.0523. The molecule has 0 rings (SSSR count). The maximum atomic E-state index is 12.5. The molecule has 0 aromatic heterocycles. The second-order valence-electron chi connectivity index (χ2n) is 7.30. The second-order valence-corrected chi connectivity index (χ2v) is 7.30. The summed E-state index contributed by atoms with van der Waals surface area (Å²) in [7, 11) is 0. The van der Waals surface area contributed by atoms with Gasteiger partial charge in [0.1, 0.15) is 0 Å². The fourth-order valence-corrected chi connectivity index (χ4v) is 3.11. The lowest BCUT2D eigenvalue weighted by atomic mass is 9.82. The Kier molecular flexibility index (Phi) is 12.5. The summed E-state index contributed by atoms with van der Waals surface area (Å²) in [6.07, 6.45) is 4.85. The van der Waals surface area contributed by atoms with Gasteiger partial charge in [0.05, 0.1) is 6.61 Å². The summed E-state index contributed by atoms with van der Waals surface area (Å²) in [5, 5.41) is 29.9. The predicted octanol–water partition coefficient (Wildman–Crippen LogP) is 3.53. The van der Waals surface area contributed by atoms with Crippen molar-refractivity contribution >= 4 is 11.9 Å². The topological polar surface area (TPSA) is 104 Å². The Morgan fingerprint density at radius 2 is 1.46 bits per heavy atom. The van der Waals surface area contributed by atoms with Gasteiger partial charge in [-0.3, -0.25) is 0 Å². The van der Waals surface area contributed by atoms with Gasteiger partial charge in [-0.1, -0.05) is 72.6 Å². The second kappa shape index (κ2) is 13.1. The summed E-state index contributed by atoms with van der Waals surface area (Å²) in [5.41, 5.74) is -2.41. The Labute approximate surface area is 157 Å². The van der Waals surface area contributed by atoms with E-state index in [0.717, 1.165) is 44.9 Å². The standard InChI is InChI=1S/C20H38O6/c1-5-9-11-15(7-3)13-20(25,17(21)18(22)23)19(24)26-14-16(8-4)12-10-6-2/h15-17,21,25H,5-14H2,1-4H3,(H,22,23). The SMILES string of the molecule is CCCCC(CC)COC(=O)C(O)(CC(CC)CCCC)C(O)C(=O)O. The van der Waals surface area contributed by atoms with E-state index in [0.29, 0.717) is 6.42 Å². The first-order chi connectivity index (χ1) is 12.3. The van der Waals surface area contributed by atoms with E-state index in [-0.39, 0.29) is 24.9 Å². The summed E-state index contributed by atoms with van der Waals surface area (Å²) < 4.78 is 5.27. The minimum Gasteiger partial charge on any atom is -0.479 e. The van der Waals surface area contributed by atoms with Crippen LogP contribution < -0.4 is 0 Å². The molecule has 3 N–H and O–H groups in total. The van der Waals surface area contributed by atoms with Crippen LogP contribution in [0.15, 0.2) is 0 Å². The van der Waals surface area contributed by atoms with Crippen molar-refractivity contribution in [2.45, 2.75) is 97.2 Å². The highest BCUT2D eigenvalue weighted by atomic mass is 16.6. The molecule has 0 aromatic rings. The van der Waals surface area contributed by atoms with E-state index in [1.54, 1.807) is 0 Å². The summed E-state index contributed by atoms with van der Waals surface area (Å²) in [4.78, 5) is 23.8. The lowest BCUT2D eigenvalue weighted by Gasteiger charge is -2.32. The predicted molar refractivity (Wildman–Crippen MR) is 101 cm³/mol. The Balaban J connectivity index is 5.14. The van der Waals surface area contributed by atoms with Crippen molar-refractivity contribution in [3.63, 3.8) is 0 Å². The van der Waals surface area contributed by atoms with E-state index in [1.807, 2.05) is 20.8 Å². The number of aliphatic hydroxyl groups is 2. The Hall–Kier alpha value is -1.14. The lowest BCUT2D eigenvalue weighted by Crippen LogP contribution is -2.55. The highest BCUT2D eigenvalue weighted by Gasteiger charge is 2.49. The molecule has 0 aliphatic rings. The van der Waals surface area contributed by atoms with Gasteiger partial charge >= 0.3 is 11.9 Å². The average molecular weight is 375 g/mol. The number of unbranched alkanes of at least 4 members (excludes halogenated alkanes) is 2. The molecule has 0 saturated carbocycles. The number of aliphatic hydroxyl groups excluding tert-OH is 1. The molecular weight excluding hydrogens is 336 g/mol. The molecule has 0 aromatic carbocycles. The summed E-state index contributed by atoms with van der Waals surface area (Å²) in [5.74, 6) is -2.53. The molecule has 6 heteroatoms. The van der Waals surface area contributed by atoms with E-state index in [1.165, 1.54) is 0 Å². The normalized spacial score (nSPS) is 17.2. The molecule has 154 valence electrons. The molecule has 26 heavy (non-hydrogen) atoms. The molecule has 4 unspecified atom stereocenters. The molecule has 0 amide bonds. The molecule has 0 saturated heterocycles. The number of hydrogen-bond acceptors (Lipinski definition) is 5. The molecule has 0 fully saturated rings. The largest absolute Gasteiger partial charge is 0.479 e.